The van der Waals surface area contributed by atoms with Crippen LogP contribution in [0.3, 0.4) is 0 Å². The van der Waals surface area contributed by atoms with Crippen molar-refractivity contribution in [3.8, 4) is 0 Å². The number of carbonyl (C=O) groups is 1. The van der Waals surface area contributed by atoms with Crippen LogP contribution in [-0.4, -0.2) is 11.2 Å². The van der Waals surface area contributed by atoms with E-state index in [4.69, 9.17) is 28.9 Å². The second-order valence-corrected chi connectivity index (χ2v) is 3.95. The second-order valence-electron chi connectivity index (χ2n) is 3.03. The van der Waals surface area contributed by atoms with E-state index in [1.807, 2.05) is 0 Å². The number of rotatable bonds is 3. The third-order valence-corrected chi connectivity index (χ3v) is 2.39. The summed E-state index contributed by atoms with van der Waals surface area (Å²) in [5.41, 5.74) is 7.45. The first-order valence-corrected chi connectivity index (χ1v) is 5.16. The van der Waals surface area contributed by atoms with Crippen molar-refractivity contribution in [2.24, 2.45) is 0 Å². The van der Waals surface area contributed by atoms with Gasteiger partial charge in [-0.25, -0.2) is 0 Å². The third-order valence-electron chi connectivity index (χ3n) is 1.90. The van der Waals surface area contributed by atoms with Gasteiger partial charge in [0.05, 0.1) is 5.38 Å². The molecule has 0 saturated carbocycles. The molecule has 2 nitrogen and oxygen atoms in total. The minimum absolute atomic E-state index is 0.123. The maximum absolute atomic E-state index is 11.6. The van der Waals surface area contributed by atoms with Crippen molar-refractivity contribution in [2.75, 3.05) is 5.73 Å². The second kappa shape index (κ2) is 4.67. The van der Waals surface area contributed by atoms with E-state index in [2.05, 4.69) is 0 Å². The number of anilines is 1. The van der Waals surface area contributed by atoms with Gasteiger partial charge in [-0.05, 0) is 30.7 Å². The van der Waals surface area contributed by atoms with E-state index in [0.29, 0.717) is 11.3 Å². The van der Waals surface area contributed by atoms with E-state index in [1.54, 1.807) is 25.1 Å². The molecule has 0 spiro atoms. The van der Waals surface area contributed by atoms with Crippen molar-refractivity contribution in [1.29, 1.82) is 0 Å². The van der Waals surface area contributed by atoms with E-state index in [9.17, 15) is 4.79 Å². The van der Waals surface area contributed by atoms with Crippen LogP contribution in [0.25, 0.3) is 0 Å². The number of ketones is 1. The first-order valence-electron chi connectivity index (χ1n) is 4.19. The number of carbonyl (C=O) groups excluding carboxylic acids is 1. The molecule has 1 rings (SSSR count). The fourth-order valence-corrected chi connectivity index (χ4v) is 1.52. The zero-order valence-electron chi connectivity index (χ0n) is 7.76. The lowest BCUT2D eigenvalue weighted by atomic mass is 10.0. The normalized spacial score (nSPS) is 12.5. The van der Waals surface area contributed by atoms with Crippen LogP contribution < -0.4 is 5.73 Å². The molecule has 1 aromatic rings. The minimum Gasteiger partial charge on any atom is -0.399 e. The number of hydrogen-bond donors (Lipinski definition) is 1. The van der Waals surface area contributed by atoms with Crippen LogP contribution in [0.4, 0.5) is 5.69 Å². The number of benzene rings is 1. The van der Waals surface area contributed by atoms with Crippen LogP contribution in [0.1, 0.15) is 22.8 Å². The Morgan fingerprint density at radius 3 is 2.71 bits per heavy atom. The number of nitrogen functional groups attached to an aromatic ring is 1. The maximum atomic E-state index is 11.6. The summed E-state index contributed by atoms with van der Waals surface area (Å²) >= 11 is 11.4. The molecule has 1 unspecified atom stereocenters. The SMILES string of the molecule is CC(Cl)C(=O)c1ccc(N)cc1CCl. The topological polar surface area (TPSA) is 43.1 Å². The summed E-state index contributed by atoms with van der Waals surface area (Å²) in [5.74, 6) is 0.137. The summed E-state index contributed by atoms with van der Waals surface area (Å²) in [6, 6.07) is 5.02. The predicted octanol–water partition coefficient (Wildman–Crippen LogP) is 2.82. The van der Waals surface area contributed by atoms with Gasteiger partial charge in [-0.1, -0.05) is 0 Å². The fourth-order valence-electron chi connectivity index (χ4n) is 1.18. The van der Waals surface area contributed by atoms with Crippen molar-refractivity contribution in [3.05, 3.63) is 29.3 Å². The molecule has 0 fully saturated rings. The van der Waals surface area contributed by atoms with Crippen LogP contribution in [0.5, 0.6) is 0 Å². The van der Waals surface area contributed by atoms with Crippen molar-refractivity contribution >= 4 is 34.7 Å². The Hall–Kier alpha value is -0.730. The van der Waals surface area contributed by atoms with Gasteiger partial charge in [0.25, 0.3) is 0 Å². The van der Waals surface area contributed by atoms with Crippen LogP contribution >= 0.6 is 23.2 Å². The Morgan fingerprint density at radius 2 is 2.21 bits per heavy atom. The van der Waals surface area contributed by atoms with Gasteiger partial charge in [-0.15, -0.1) is 23.2 Å². The Balaban J connectivity index is 3.14. The average molecular weight is 232 g/mol. The molecule has 1 aromatic carbocycles. The molecule has 0 amide bonds. The van der Waals surface area contributed by atoms with Crippen molar-refractivity contribution in [2.45, 2.75) is 18.2 Å². The molecule has 0 heterocycles. The lowest BCUT2D eigenvalue weighted by Crippen LogP contribution is -2.12. The van der Waals surface area contributed by atoms with Crippen LogP contribution in [0.15, 0.2) is 18.2 Å². The highest BCUT2D eigenvalue weighted by Gasteiger charge is 2.15. The molecular weight excluding hydrogens is 221 g/mol. The number of alkyl halides is 2. The largest absolute Gasteiger partial charge is 0.399 e. The van der Waals surface area contributed by atoms with Crippen molar-refractivity contribution < 1.29 is 4.79 Å². The molecule has 0 saturated heterocycles. The summed E-state index contributed by atoms with van der Waals surface area (Å²) in [4.78, 5) is 11.6. The molecule has 0 aliphatic carbocycles. The van der Waals surface area contributed by atoms with Gasteiger partial charge in [-0.2, -0.15) is 0 Å². The van der Waals surface area contributed by atoms with Gasteiger partial charge in [0, 0.05) is 17.1 Å². The minimum atomic E-state index is -0.541. The Morgan fingerprint density at radius 1 is 1.57 bits per heavy atom. The smallest absolute Gasteiger partial charge is 0.180 e. The quantitative estimate of drug-likeness (QED) is 0.494. The average Bonchev–Trinajstić information content (AvgIpc) is 2.16. The summed E-state index contributed by atoms with van der Waals surface area (Å²) in [7, 11) is 0. The van der Waals surface area contributed by atoms with E-state index in [0.717, 1.165) is 5.56 Å². The summed E-state index contributed by atoms with van der Waals surface area (Å²) in [6.45, 7) is 1.64. The van der Waals surface area contributed by atoms with E-state index in [-0.39, 0.29) is 11.7 Å². The Bertz CT molecular complexity index is 350. The molecular formula is C10H11Cl2NO. The molecule has 4 heteroatoms. The fraction of sp³-hybridized carbons (Fsp3) is 0.300. The molecule has 0 aromatic heterocycles. The predicted molar refractivity (Wildman–Crippen MR) is 60.1 cm³/mol. The maximum Gasteiger partial charge on any atom is 0.180 e. The van der Waals surface area contributed by atoms with Gasteiger partial charge in [0.2, 0.25) is 0 Å². The van der Waals surface area contributed by atoms with Crippen LogP contribution in [0.2, 0.25) is 0 Å². The summed E-state index contributed by atoms with van der Waals surface area (Å²) < 4.78 is 0. The molecule has 0 bridgehead atoms. The zero-order chi connectivity index (χ0) is 10.7. The number of hydrogen-bond acceptors (Lipinski definition) is 2. The molecule has 0 aliphatic rings. The molecule has 1 atom stereocenters. The van der Waals surface area contributed by atoms with Crippen molar-refractivity contribution in [3.63, 3.8) is 0 Å². The van der Waals surface area contributed by atoms with E-state index in [1.165, 1.54) is 0 Å². The van der Waals surface area contributed by atoms with Gasteiger partial charge >= 0.3 is 0 Å². The van der Waals surface area contributed by atoms with Crippen LogP contribution in [0, 0.1) is 0 Å². The number of Topliss-reactive ketones (excluding diaryl/α,β-unsaturated/α-hetero) is 1. The molecule has 0 aliphatic heterocycles. The van der Waals surface area contributed by atoms with Gasteiger partial charge in [0.15, 0.2) is 5.78 Å². The molecule has 76 valence electrons. The van der Waals surface area contributed by atoms with Crippen LogP contribution in [-0.2, 0) is 5.88 Å². The Kier molecular flexibility index (Phi) is 3.78. The zero-order valence-corrected chi connectivity index (χ0v) is 9.27. The van der Waals surface area contributed by atoms with Crippen molar-refractivity contribution in [1.82, 2.24) is 0 Å². The number of nitrogens with two attached hydrogens (primary N) is 1. The van der Waals surface area contributed by atoms with Gasteiger partial charge < -0.3 is 5.73 Å². The first kappa shape index (κ1) is 11.3. The van der Waals surface area contributed by atoms with Gasteiger partial charge in [0.1, 0.15) is 0 Å². The lowest BCUT2D eigenvalue weighted by Gasteiger charge is -2.08. The lowest BCUT2D eigenvalue weighted by molar-refractivity contribution is 0.0991. The highest BCUT2D eigenvalue weighted by atomic mass is 35.5. The first-order chi connectivity index (χ1) is 6.56. The van der Waals surface area contributed by atoms with Gasteiger partial charge in [-0.3, -0.25) is 4.79 Å². The third kappa shape index (κ3) is 2.40. The Labute approximate surface area is 93.0 Å². The molecule has 0 radical (unpaired) electrons. The summed E-state index contributed by atoms with van der Waals surface area (Å²) in [5, 5.41) is -0.541. The van der Waals surface area contributed by atoms with E-state index < -0.39 is 5.38 Å². The highest BCUT2D eigenvalue weighted by Crippen LogP contribution is 2.18. The molecule has 2 N–H and O–H groups in total. The summed E-state index contributed by atoms with van der Waals surface area (Å²) in [6.07, 6.45) is 0. The standard InChI is InChI=1S/C10H11Cl2NO/c1-6(12)10(14)9-3-2-8(13)4-7(9)5-11/h2-4,6H,5,13H2,1H3. The monoisotopic (exact) mass is 231 g/mol. The molecule has 14 heavy (non-hydrogen) atoms. The number of halogens is 2. The highest BCUT2D eigenvalue weighted by molar-refractivity contribution is 6.34. The van der Waals surface area contributed by atoms with E-state index >= 15 is 0 Å².